The molecule has 0 aromatic carbocycles. The van der Waals surface area contributed by atoms with Gasteiger partial charge in [-0.3, -0.25) is 19.2 Å². The maximum absolute atomic E-state index is 13.9. The summed E-state index contributed by atoms with van der Waals surface area (Å²) in [6, 6.07) is 0. The molecule has 0 heterocycles. The number of carbonyl (C=O) groups excluding carboxylic acids is 4. The van der Waals surface area contributed by atoms with Gasteiger partial charge in [0.25, 0.3) is 0 Å². The number of Topliss-reactive ketones (excluding diaryl/α,β-unsaturated/α-hetero) is 2. The Morgan fingerprint density at radius 1 is 0.623 bits per heavy atom. The molecule has 0 saturated heterocycles. The minimum Gasteiger partial charge on any atom is -0.392 e. The van der Waals surface area contributed by atoms with Crippen molar-refractivity contribution in [1.29, 1.82) is 0 Å². The van der Waals surface area contributed by atoms with Crippen LogP contribution in [0.15, 0.2) is 70.9 Å². The molecule has 6 saturated carbocycles. The third kappa shape index (κ3) is 14.5. The van der Waals surface area contributed by atoms with E-state index in [0.717, 1.165) is 140 Å². The van der Waals surface area contributed by atoms with Crippen LogP contribution >= 0.6 is 0 Å². The zero-order valence-electron chi connectivity index (χ0n) is 49.9. The van der Waals surface area contributed by atoms with Crippen molar-refractivity contribution in [2.24, 2.45) is 68.8 Å². The molecule has 432 valence electrons. The summed E-state index contributed by atoms with van der Waals surface area (Å²) in [5.41, 5.74) is 9.64. The molecule has 0 amide bonds. The van der Waals surface area contributed by atoms with Crippen molar-refractivity contribution in [2.75, 3.05) is 0 Å². The van der Waals surface area contributed by atoms with Crippen LogP contribution < -0.4 is 5.73 Å². The van der Waals surface area contributed by atoms with Gasteiger partial charge in [-0.15, -0.1) is 0 Å². The molecular formula is C68H107NO8. The lowest BCUT2D eigenvalue weighted by molar-refractivity contribution is -0.137. The molecule has 0 bridgehead atoms. The van der Waals surface area contributed by atoms with Gasteiger partial charge in [0.05, 0.1) is 35.2 Å². The molecule has 6 N–H and O–H groups in total. The maximum Gasteiger partial charge on any atom is 0.168 e. The van der Waals surface area contributed by atoms with Crippen molar-refractivity contribution in [3.63, 3.8) is 0 Å². The number of hydrogen-bond acceptors (Lipinski definition) is 9. The van der Waals surface area contributed by atoms with Crippen LogP contribution in [0.25, 0.3) is 0 Å². The normalized spacial score (nSPS) is 34.9. The summed E-state index contributed by atoms with van der Waals surface area (Å²) in [4.78, 5) is 54.8. The van der Waals surface area contributed by atoms with Crippen LogP contribution in [0.5, 0.6) is 0 Å². The summed E-state index contributed by atoms with van der Waals surface area (Å²) in [5, 5.41) is 42.2. The SMILES string of the molecule is CCCCCCC(=O)C(C)(C)C(=O)/C=C/[C@@H](CCCCCCCC(=O)C(C)(C)C(=O)/C=C/[C@H](C)[C@H]1CC[C@@]2(N)/C(=C/C=C3C[C@@H](O)C(C)[C@H](O)C3)CCC[C@]12C)[C@H]1CC[C@H]2/C(=C/C=C3C[C@@H](O)C(C)[C@H](O)C3)CCC[C@]12C. The second-order valence-corrected chi connectivity index (χ2v) is 27.6. The number of unbranched alkanes of at least 4 members (excludes halogenated alkanes) is 7. The number of aliphatic hydroxyl groups is 4. The van der Waals surface area contributed by atoms with Gasteiger partial charge in [-0.05, 0) is 195 Å². The van der Waals surface area contributed by atoms with Gasteiger partial charge in [0.2, 0.25) is 0 Å². The molecular weight excluding hydrogens is 959 g/mol. The average molecular weight is 1070 g/mol. The third-order valence-corrected chi connectivity index (χ3v) is 21.8. The van der Waals surface area contributed by atoms with Gasteiger partial charge in [0.1, 0.15) is 11.6 Å². The summed E-state index contributed by atoms with van der Waals surface area (Å²) in [5.74, 6) is 0.977. The highest BCUT2D eigenvalue weighted by molar-refractivity contribution is 6.11. The number of aliphatic hydroxyl groups excluding tert-OH is 4. The Morgan fingerprint density at radius 2 is 1.13 bits per heavy atom. The lowest BCUT2D eigenvalue weighted by Crippen LogP contribution is -2.56. The first-order chi connectivity index (χ1) is 36.3. The summed E-state index contributed by atoms with van der Waals surface area (Å²) in [6.45, 7) is 20.1. The monoisotopic (exact) mass is 1070 g/mol. The Kier molecular flexibility index (Phi) is 22.2. The van der Waals surface area contributed by atoms with Crippen LogP contribution in [0.2, 0.25) is 0 Å². The highest BCUT2D eigenvalue weighted by Gasteiger charge is 2.59. The number of allylic oxidation sites excluding steroid dienone is 9. The Morgan fingerprint density at radius 3 is 1.70 bits per heavy atom. The van der Waals surface area contributed by atoms with E-state index in [-0.39, 0.29) is 57.6 Å². The Hall–Kier alpha value is -3.08. The van der Waals surface area contributed by atoms with Crippen LogP contribution in [0, 0.1) is 63.1 Å². The fourth-order valence-electron chi connectivity index (χ4n) is 15.6. The van der Waals surface area contributed by atoms with E-state index in [4.69, 9.17) is 5.73 Å². The highest BCUT2D eigenvalue weighted by atomic mass is 16.3. The summed E-state index contributed by atoms with van der Waals surface area (Å²) >= 11 is 0. The first kappa shape index (κ1) is 63.1. The van der Waals surface area contributed by atoms with Crippen LogP contribution in [-0.2, 0) is 19.2 Å². The van der Waals surface area contributed by atoms with Crippen molar-refractivity contribution < 1.29 is 39.6 Å². The van der Waals surface area contributed by atoms with Crippen LogP contribution in [0.3, 0.4) is 0 Å². The zero-order chi connectivity index (χ0) is 56.5. The lowest BCUT2D eigenvalue weighted by atomic mass is 9.57. The van der Waals surface area contributed by atoms with Crippen molar-refractivity contribution in [2.45, 2.75) is 266 Å². The summed E-state index contributed by atoms with van der Waals surface area (Å²) in [6.07, 6.45) is 37.5. The average Bonchev–Trinajstić information content (AvgIpc) is 3.90. The number of hydrogen-bond donors (Lipinski definition) is 5. The minimum atomic E-state index is -1.11. The van der Waals surface area contributed by atoms with E-state index in [9.17, 15) is 39.6 Å². The van der Waals surface area contributed by atoms with Crippen LogP contribution in [0.4, 0.5) is 0 Å². The number of rotatable bonds is 25. The molecule has 0 radical (unpaired) electrons. The molecule has 6 rings (SSSR count). The van der Waals surface area contributed by atoms with Gasteiger partial charge < -0.3 is 26.2 Å². The van der Waals surface area contributed by atoms with E-state index < -0.39 is 40.8 Å². The molecule has 6 aliphatic rings. The molecule has 6 aliphatic carbocycles. The van der Waals surface area contributed by atoms with Gasteiger partial charge in [-0.1, -0.05) is 140 Å². The smallest absolute Gasteiger partial charge is 0.168 e. The van der Waals surface area contributed by atoms with E-state index in [1.54, 1.807) is 39.8 Å². The van der Waals surface area contributed by atoms with Gasteiger partial charge in [-0.25, -0.2) is 0 Å². The summed E-state index contributed by atoms with van der Waals surface area (Å²) < 4.78 is 0. The van der Waals surface area contributed by atoms with E-state index >= 15 is 0 Å². The number of carbonyl (C=O) groups is 4. The number of ketones is 4. The van der Waals surface area contributed by atoms with Gasteiger partial charge in [0.15, 0.2) is 11.6 Å². The second kappa shape index (κ2) is 27.1. The fraction of sp³-hybridized carbons (Fsp3) is 0.765. The van der Waals surface area contributed by atoms with Crippen LogP contribution in [-0.4, -0.2) is 73.5 Å². The lowest BCUT2D eigenvalue weighted by Gasteiger charge is -2.50. The summed E-state index contributed by atoms with van der Waals surface area (Å²) in [7, 11) is 0. The molecule has 12 atom stereocenters. The number of nitrogens with two attached hydrogens (primary N) is 1. The Bertz CT molecular complexity index is 2220. The molecule has 77 heavy (non-hydrogen) atoms. The molecule has 6 fully saturated rings. The van der Waals surface area contributed by atoms with Gasteiger partial charge in [-0.2, -0.15) is 0 Å². The Labute approximate surface area is 466 Å². The minimum absolute atomic E-state index is 0.0147. The fourth-order valence-corrected chi connectivity index (χ4v) is 15.6. The molecule has 0 unspecified atom stereocenters. The van der Waals surface area contributed by atoms with Crippen molar-refractivity contribution in [1.82, 2.24) is 0 Å². The van der Waals surface area contributed by atoms with E-state index in [1.165, 1.54) is 11.1 Å². The van der Waals surface area contributed by atoms with Gasteiger partial charge in [0, 0.05) is 30.2 Å². The molecule has 0 aromatic rings. The molecule has 0 spiro atoms. The Balaban J connectivity index is 1.02. The highest BCUT2D eigenvalue weighted by Crippen LogP contribution is 2.62. The molecule has 0 aliphatic heterocycles. The first-order valence-corrected chi connectivity index (χ1v) is 31.1. The number of fused-ring (bicyclic) bond motifs is 2. The van der Waals surface area contributed by atoms with Crippen molar-refractivity contribution in [3.8, 4) is 0 Å². The molecule has 0 aromatic heterocycles. The zero-order valence-corrected chi connectivity index (χ0v) is 49.9. The second-order valence-electron chi connectivity index (χ2n) is 27.6. The standard InChI is InChI=1S/C68H107NO8/c1-11-12-13-18-25-60(74)65(7,8)63(77)36-31-50(54-33-34-55-51(23-20-38-66(54,55)9)30-28-48-41-56(70)46(3)57(71)42-48)22-17-15-14-16-19-26-61(75)64(5,6)62(76)35-27-45(2)53-37-40-68(69)52(24-21-39-67(53,68)10)32-29-49-43-58(72)47(4)59(73)44-49/h27-32,35-36,45-47,50,53-59,70-73H,11-26,33-34,37-44,69H2,1-10H3/b35-27+,36-31+,48-28?,49-29?,51-30+,52-32+/t45-,46?,47?,50+,53+,54+,55-,56+,57+,58+,59+,66+,67+,68+/m0/s1. The van der Waals surface area contributed by atoms with E-state index in [0.29, 0.717) is 56.3 Å². The third-order valence-electron chi connectivity index (χ3n) is 21.8. The largest absolute Gasteiger partial charge is 0.392 e. The quantitative estimate of drug-likeness (QED) is 0.0338. The van der Waals surface area contributed by atoms with E-state index in [2.05, 4.69) is 58.1 Å². The predicted molar refractivity (Wildman–Crippen MR) is 313 cm³/mol. The molecule has 9 nitrogen and oxygen atoms in total. The topological polar surface area (TPSA) is 175 Å². The first-order valence-electron chi connectivity index (χ1n) is 31.1. The van der Waals surface area contributed by atoms with Gasteiger partial charge >= 0.3 is 0 Å². The van der Waals surface area contributed by atoms with Crippen molar-refractivity contribution >= 4 is 23.1 Å². The molecule has 9 heteroatoms. The maximum atomic E-state index is 13.9. The van der Waals surface area contributed by atoms with Crippen molar-refractivity contribution in [3.05, 3.63) is 70.9 Å². The predicted octanol–water partition coefficient (Wildman–Crippen LogP) is 13.9. The van der Waals surface area contributed by atoms with E-state index in [1.807, 2.05) is 19.9 Å². The van der Waals surface area contributed by atoms with Crippen LogP contribution in [0.1, 0.15) is 236 Å².